The van der Waals surface area contributed by atoms with E-state index >= 15 is 0 Å². The fourth-order valence-corrected chi connectivity index (χ4v) is 3.79. The molecule has 1 heterocycles. The van der Waals surface area contributed by atoms with Crippen LogP contribution in [0.4, 0.5) is 0 Å². The van der Waals surface area contributed by atoms with Crippen LogP contribution >= 0.6 is 0 Å². The second kappa shape index (κ2) is 9.59. The molecule has 1 aromatic rings. The minimum atomic E-state index is -0.489. The zero-order valence-corrected chi connectivity index (χ0v) is 19.4. The zero-order chi connectivity index (χ0) is 22.5. The second-order valence-corrected chi connectivity index (χ2v) is 9.03. The predicted octanol–water partition coefficient (Wildman–Crippen LogP) is 6.11. The largest absolute Gasteiger partial charge is 0.504 e. The summed E-state index contributed by atoms with van der Waals surface area (Å²) in [7, 11) is 1.62. The van der Waals surface area contributed by atoms with Gasteiger partial charge in [-0.1, -0.05) is 11.6 Å². The van der Waals surface area contributed by atoms with Gasteiger partial charge in [-0.15, -0.1) is 0 Å². The van der Waals surface area contributed by atoms with Crippen LogP contribution in [-0.2, 0) is 9.53 Å². The summed E-state index contributed by atoms with van der Waals surface area (Å²) in [6.45, 7) is 11.4. The Bertz CT molecular complexity index is 834. The molecule has 0 fully saturated rings. The highest BCUT2D eigenvalue weighted by Crippen LogP contribution is 2.45. The molecule has 0 saturated heterocycles. The maximum Gasteiger partial charge on any atom is 0.303 e. The molecule has 0 saturated carbocycles. The van der Waals surface area contributed by atoms with Gasteiger partial charge < -0.3 is 19.3 Å². The van der Waals surface area contributed by atoms with Gasteiger partial charge >= 0.3 is 5.97 Å². The normalized spacial score (nSPS) is 18.6. The van der Waals surface area contributed by atoms with Crippen molar-refractivity contribution in [2.24, 2.45) is 0 Å². The average molecular weight is 417 g/mol. The molecule has 166 valence electrons. The zero-order valence-electron chi connectivity index (χ0n) is 19.4. The molecule has 1 aromatic carbocycles. The number of methoxy groups -OCH3 is 1. The summed E-state index contributed by atoms with van der Waals surface area (Å²) in [5, 5.41) is 10.5. The van der Waals surface area contributed by atoms with Gasteiger partial charge in [0.05, 0.1) is 12.7 Å². The van der Waals surface area contributed by atoms with Crippen LogP contribution < -0.4 is 9.47 Å². The first-order valence-corrected chi connectivity index (χ1v) is 10.6. The van der Waals surface area contributed by atoms with Crippen LogP contribution in [-0.4, -0.2) is 29.4 Å². The summed E-state index contributed by atoms with van der Waals surface area (Å²) in [6, 6.07) is 1.82. The molecule has 1 atom stereocenters. The van der Waals surface area contributed by atoms with Gasteiger partial charge in [0.15, 0.2) is 11.5 Å². The highest BCUT2D eigenvalue weighted by molar-refractivity contribution is 5.72. The lowest BCUT2D eigenvalue weighted by atomic mass is 9.93. The Kier molecular flexibility index (Phi) is 7.62. The lowest BCUT2D eigenvalue weighted by molar-refractivity contribution is -0.154. The van der Waals surface area contributed by atoms with Gasteiger partial charge in [-0.2, -0.15) is 0 Å². The van der Waals surface area contributed by atoms with E-state index < -0.39 is 11.2 Å². The number of ether oxygens (including phenoxy) is 3. The van der Waals surface area contributed by atoms with Gasteiger partial charge in [0.1, 0.15) is 17.0 Å². The summed E-state index contributed by atoms with van der Waals surface area (Å²) in [6.07, 6.45) is 10.7. The molecular formula is C25H36O5. The average Bonchev–Trinajstić information content (AvgIpc) is 2.63. The molecule has 1 aliphatic rings. The first-order chi connectivity index (χ1) is 14.0. The number of carbonyl (C=O) groups excluding carboxylic acids is 1. The minimum Gasteiger partial charge on any atom is -0.504 e. The van der Waals surface area contributed by atoms with Gasteiger partial charge in [-0.3, -0.25) is 4.79 Å². The lowest BCUT2D eigenvalue weighted by Gasteiger charge is -2.32. The number of phenols is 1. The van der Waals surface area contributed by atoms with Crippen molar-refractivity contribution in [2.75, 3.05) is 7.11 Å². The number of aryl methyl sites for hydroxylation is 1. The molecule has 0 bridgehead atoms. The fourth-order valence-electron chi connectivity index (χ4n) is 3.79. The van der Waals surface area contributed by atoms with Crippen LogP contribution in [0.15, 0.2) is 23.8 Å². The number of fused-ring (bicyclic) bond motifs is 1. The smallest absolute Gasteiger partial charge is 0.303 e. The quantitative estimate of drug-likeness (QED) is 0.388. The van der Waals surface area contributed by atoms with Crippen molar-refractivity contribution in [1.29, 1.82) is 0 Å². The standard InChI is InChI=1S/C25H36O5/c1-17(10-8-13-24(4,5)29-19(3)26)11-9-14-25(6)15-12-20-21(28-7)16-18(2)22(27)23(20)30-25/h11-12,15-16,27H,8-10,13-14H2,1-7H3/b17-11+. The molecule has 30 heavy (non-hydrogen) atoms. The van der Waals surface area contributed by atoms with Crippen LogP contribution in [0.2, 0.25) is 0 Å². The van der Waals surface area contributed by atoms with Gasteiger partial charge in [-0.25, -0.2) is 0 Å². The second-order valence-electron chi connectivity index (χ2n) is 9.03. The highest BCUT2D eigenvalue weighted by atomic mass is 16.6. The maximum atomic E-state index is 11.2. The van der Waals surface area contributed by atoms with E-state index in [1.54, 1.807) is 7.11 Å². The molecule has 2 rings (SSSR count). The number of aromatic hydroxyl groups is 1. The van der Waals surface area contributed by atoms with Crippen LogP contribution in [0.5, 0.6) is 17.2 Å². The van der Waals surface area contributed by atoms with Gasteiger partial charge in [0.2, 0.25) is 0 Å². The topological polar surface area (TPSA) is 65.0 Å². The SMILES string of the molecule is COc1cc(C)c(O)c2c1C=CC(C)(CC/C=C(\C)CCCC(C)(C)OC(C)=O)O2. The van der Waals surface area contributed by atoms with Gasteiger partial charge in [-0.05, 0) is 90.5 Å². The summed E-state index contributed by atoms with van der Waals surface area (Å²) < 4.78 is 17.0. The molecule has 0 aliphatic carbocycles. The summed E-state index contributed by atoms with van der Waals surface area (Å²) in [5.74, 6) is 1.13. The Morgan fingerprint density at radius 3 is 2.67 bits per heavy atom. The third-order valence-corrected chi connectivity index (χ3v) is 5.51. The van der Waals surface area contributed by atoms with E-state index in [4.69, 9.17) is 14.2 Å². The first-order valence-electron chi connectivity index (χ1n) is 10.6. The van der Waals surface area contributed by atoms with Crippen molar-refractivity contribution in [2.45, 2.75) is 84.8 Å². The summed E-state index contributed by atoms with van der Waals surface area (Å²) in [4.78, 5) is 11.2. The lowest BCUT2D eigenvalue weighted by Crippen LogP contribution is -2.31. The molecule has 5 heteroatoms. The van der Waals surface area contributed by atoms with E-state index in [0.717, 1.165) is 43.2 Å². The Hall–Kier alpha value is -2.43. The van der Waals surface area contributed by atoms with Gasteiger partial charge in [0, 0.05) is 6.92 Å². The number of phenolic OH excluding ortho intramolecular Hbond substituents is 1. The fraction of sp³-hybridized carbons (Fsp3) is 0.560. The molecule has 1 unspecified atom stereocenters. The molecule has 0 amide bonds. The van der Waals surface area contributed by atoms with Crippen molar-refractivity contribution in [3.8, 4) is 17.2 Å². The minimum absolute atomic E-state index is 0.170. The number of hydrogen-bond acceptors (Lipinski definition) is 5. The third kappa shape index (κ3) is 6.28. The first kappa shape index (κ1) is 23.8. The van der Waals surface area contributed by atoms with Crippen molar-refractivity contribution < 1.29 is 24.1 Å². The summed E-state index contributed by atoms with van der Waals surface area (Å²) >= 11 is 0. The Labute approximate surface area is 180 Å². The van der Waals surface area contributed by atoms with E-state index in [2.05, 4.69) is 13.0 Å². The molecular weight excluding hydrogens is 380 g/mol. The third-order valence-electron chi connectivity index (χ3n) is 5.51. The molecule has 0 aromatic heterocycles. The number of esters is 1. The van der Waals surface area contributed by atoms with Crippen molar-refractivity contribution in [3.05, 3.63) is 34.9 Å². The Balaban J connectivity index is 1.93. The molecule has 1 N–H and O–H groups in total. The molecule has 0 radical (unpaired) electrons. The maximum absolute atomic E-state index is 11.2. The van der Waals surface area contributed by atoms with E-state index in [-0.39, 0.29) is 11.7 Å². The predicted molar refractivity (Wildman–Crippen MR) is 120 cm³/mol. The van der Waals surface area contributed by atoms with Crippen LogP contribution in [0, 0.1) is 6.92 Å². The molecule has 1 aliphatic heterocycles. The van der Waals surface area contributed by atoms with Crippen LogP contribution in [0.25, 0.3) is 6.08 Å². The Morgan fingerprint density at radius 1 is 1.33 bits per heavy atom. The number of allylic oxidation sites excluding steroid dienone is 2. The van der Waals surface area contributed by atoms with E-state index in [9.17, 15) is 9.90 Å². The number of carbonyl (C=O) groups is 1. The van der Waals surface area contributed by atoms with Crippen molar-refractivity contribution in [3.63, 3.8) is 0 Å². The highest BCUT2D eigenvalue weighted by Gasteiger charge is 2.31. The van der Waals surface area contributed by atoms with E-state index in [0.29, 0.717) is 11.5 Å². The Morgan fingerprint density at radius 2 is 2.03 bits per heavy atom. The van der Waals surface area contributed by atoms with Crippen molar-refractivity contribution in [1.82, 2.24) is 0 Å². The van der Waals surface area contributed by atoms with Crippen molar-refractivity contribution >= 4 is 12.0 Å². The number of hydrogen-bond donors (Lipinski definition) is 1. The summed E-state index contributed by atoms with van der Waals surface area (Å²) in [5.41, 5.74) is 1.92. The molecule has 5 nitrogen and oxygen atoms in total. The van der Waals surface area contributed by atoms with E-state index in [1.807, 2.05) is 45.9 Å². The molecule has 0 spiro atoms. The van der Waals surface area contributed by atoms with Gasteiger partial charge in [0.25, 0.3) is 0 Å². The van der Waals surface area contributed by atoms with Crippen LogP contribution in [0.1, 0.15) is 77.8 Å². The number of rotatable bonds is 9. The van der Waals surface area contributed by atoms with Crippen LogP contribution in [0.3, 0.4) is 0 Å². The van der Waals surface area contributed by atoms with E-state index in [1.165, 1.54) is 12.5 Å². The number of benzene rings is 1. The monoisotopic (exact) mass is 416 g/mol.